The summed E-state index contributed by atoms with van der Waals surface area (Å²) in [5, 5.41) is 2.44. The Labute approximate surface area is 124 Å². The summed E-state index contributed by atoms with van der Waals surface area (Å²) in [5.74, 6) is 0.742. The third-order valence-corrected chi connectivity index (χ3v) is 4.52. The van der Waals surface area contributed by atoms with Gasteiger partial charge >= 0.3 is 0 Å². The van der Waals surface area contributed by atoms with Crippen LogP contribution in [0.3, 0.4) is 0 Å². The topological polar surface area (TPSA) is 55.4 Å². The number of hydrogen-bond acceptors (Lipinski definition) is 3. The van der Waals surface area contributed by atoms with E-state index >= 15 is 0 Å². The fourth-order valence-corrected chi connectivity index (χ4v) is 3.59. The predicted molar refractivity (Wildman–Crippen MR) is 78.9 cm³/mol. The number of carbonyl (C=O) groups excluding carboxylic acids is 2. The smallest absolute Gasteiger partial charge is 0.254 e. The fourth-order valence-electron chi connectivity index (χ4n) is 3.59. The molecule has 1 aromatic carbocycles. The molecule has 21 heavy (non-hydrogen) atoms. The second kappa shape index (κ2) is 5.02. The summed E-state index contributed by atoms with van der Waals surface area (Å²) in [4.78, 5) is 24.2. The van der Waals surface area contributed by atoms with Crippen molar-refractivity contribution in [3.63, 3.8) is 0 Å². The number of imide groups is 1. The maximum atomic E-state index is 12.2. The number of amides is 2. The maximum Gasteiger partial charge on any atom is 0.254 e. The number of fused-ring (bicyclic) bond motifs is 1. The molecule has 1 aliphatic carbocycles. The van der Waals surface area contributed by atoms with Gasteiger partial charge in [-0.2, -0.15) is 0 Å². The molecule has 2 aliphatic rings. The third kappa shape index (κ3) is 2.24. The molecule has 110 valence electrons. The lowest BCUT2D eigenvalue weighted by molar-refractivity contribution is -0.132. The van der Waals surface area contributed by atoms with Gasteiger partial charge in [0.15, 0.2) is 0 Å². The van der Waals surface area contributed by atoms with Crippen LogP contribution in [0.25, 0.3) is 0 Å². The van der Waals surface area contributed by atoms with Crippen molar-refractivity contribution in [2.24, 2.45) is 5.92 Å². The van der Waals surface area contributed by atoms with Gasteiger partial charge in [-0.15, -0.1) is 0 Å². The molecule has 4 nitrogen and oxygen atoms in total. The predicted octanol–water partition coefficient (Wildman–Crippen LogP) is 2.34. The number of allylic oxidation sites excluding steroid dienone is 1. The molecule has 0 aromatic heterocycles. The summed E-state index contributed by atoms with van der Waals surface area (Å²) >= 11 is 0. The van der Waals surface area contributed by atoms with Crippen molar-refractivity contribution in [2.45, 2.75) is 31.6 Å². The van der Waals surface area contributed by atoms with Crippen LogP contribution in [-0.2, 0) is 15.0 Å². The first kappa shape index (κ1) is 13.9. The van der Waals surface area contributed by atoms with Crippen LogP contribution in [0.4, 0.5) is 0 Å². The molecule has 1 N–H and O–H groups in total. The number of methoxy groups -OCH3 is 1. The van der Waals surface area contributed by atoms with E-state index in [1.54, 1.807) is 7.11 Å². The van der Waals surface area contributed by atoms with Gasteiger partial charge in [0.25, 0.3) is 5.91 Å². The Balaban J connectivity index is 2.16. The van der Waals surface area contributed by atoms with Crippen molar-refractivity contribution in [3.8, 4) is 5.75 Å². The second-order valence-electron chi connectivity index (χ2n) is 6.03. The van der Waals surface area contributed by atoms with Gasteiger partial charge in [-0.05, 0) is 36.5 Å². The number of benzene rings is 1. The number of ether oxygens (including phenoxy) is 1. The Kier molecular flexibility index (Phi) is 3.32. The minimum absolute atomic E-state index is 0.200. The Morgan fingerprint density at radius 1 is 1.33 bits per heavy atom. The number of hydrogen-bond donors (Lipinski definition) is 1. The monoisotopic (exact) mass is 285 g/mol. The van der Waals surface area contributed by atoms with Gasteiger partial charge in [0.05, 0.1) is 7.11 Å². The van der Waals surface area contributed by atoms with E-state index in [0.29, 0.717) is 12.3 Å². The van der Waals surface area contributed by atoms with E-state index in [1.165, 1.54) is 0 Å². The van der Waals surface area contributed by atoms with Crippen LogP contribution in [-0.4, -0.2) is 18.9 Å². The molecule has 1 saturated heterocycles. The van der Waals surface area contributed by atoms with E-state index in [-0.39, 0.29) is 11.8 Å². The normalized spacial score (nSPS) is 28.5. The van der Waals surface area contributed by atoms with Gasteiger partial charge in [-0.1, -0.05) is 25.1 Å². The van der Waals surface area contributed by atoms with Crippen molar-refractivity contribution in [3.05, 3.63) is 41.5 Å². The number of nitrogens with one attached hydrogen (secondary N) is 1. The van der Waals surface area contributed by atoms with Crippen molar-refractivity contribution < 1.29 is 14.3 Å². The third-order valence-electron chi connectivity index (χ3n) is 4.52. The highest BCUT2D eigenvalue weighted by Crippen LogP contribution is 2.47. The highest BCUT2D eigenvalue weighted by molar-refractivity contribution is 6.10. The van der Waals surface area contributed by atoms with Crippen molar-refractivity contribution in [2.75, 3.05) is 7.11 Å². The fraction of sp³-hybridized carbons (Fsp3) is 0.412. The van der Waals surface area contributed by atoms with Crippen LogP contribution in [0.2, 0.25) is 0 Å². The lowest BCUT2D eigenvalue weighted by Gasteiger charge is -2.43. The van der Waals surface area contributed by atoms with Gasteiger partial charge < -0.3 is 4.74 Å². The molecule has 1 heterocycles. The maximum absolute atomic E-state index is 12.2. The molecular weight excluding hydrogens is 266 g/mol. The van der Waals surface area contributed by atoms with Crippen molar-refractivity contribution in [1.29, 1.82) is 0 Å². The Morgan fingerprint density at radius 3 is 2.90 bits per heavy atom. The SMILES string of the molecule is COc1cccc(C23CC(=O)NC(=O)C2=CC[C@H](C)C3)c1. The van der Waals surface area contributed by atoms with Crippen LogP contribution in [0.5, 0.6) is 5.75 Å². The summed E-state index contributed by atoms with van der Waals surface area (Å²) in [6.07, 6.45) is 4.01. The van der Waals surface area contributed by atoms with E-state index < -0.39 is 5.41 Å². The van der Waals surface area contributed by atoms with Crippen LogP contribution in [0.1, 0.15) is 31.7 Å². The molecule has 0 spiro atoms. The zero-order valence-corrected chi connectivity index (χ0v) is 12.3. The molecule has 3 rings (SSSR count). The minimum atomic E-state index is -0.508. The van der Waals surface area contributed by atoms with Crippen molar-refractivity contribution >= 4 is 11.8 Å². The molecule has 2 atom stereocenters. The number of carbonyl (C=O) groups is 2. The molecular formula is C17H19NO3. The van der Waals surface area contributed by atoms with E-state index in [4.69, 9.17) is 4.74 Å². The standard InChI is InChI=1S/C17H19NO3/c1-11-6-7-14-16(20)18-15(19)10-17(14,9-11)12-4-3-5-13(8-12)21-2/h3-5,7-8,11H,6,9-10H2,1-2H3,(H,18,19,20)/t11-,17?/m0/s1. The summed E-state index contributed by atoms with van der Waals surface area (Å²) in [6.45, 7) is 2.16. The summed E-state index contributed by atoms with van der Waals surface area (Å²) in [7, 11) is 1.62. The molecule has 4 heteroatoms. The van der Waals surface area contributed by atoms with E-state index in [0.717, 1.165) is 29.7 Å². The average molecular weight is 285 g/mol. The van der Waals surface area contributed by atoms with E-state index in [2.05, 4.69) is 12.2 Å². The zero-order valence-electron chi connectivity index (χ0n) is 12.3. The highest BCUT2D eigenvalue weighted by Gasteiger charge is 2.47. The molecule has 1 unspecified atom stereocenters. The largest absolute Gasteiger partial charge is 0.497 e. The van der Waals surface area contributed by atoms with Crippen LogP contribution < -0.4 is 10.1 Å². The lowest BCUT2D eigenvalue weighted by Crippen LogP contribution is -2.51. The first-order chi connectivity index (χ1) is 10.0. The Hall–Kier alpha value is -2.10. The van der Waals surface area contributed by atoms with Crippen LogP contribution in [0, 0.1) is 5.92 Å². The average Bonchev–Trinajstić information content (AvgIpc) is 2.46. The van der Waals surface area contributed by atoms with Gasteiger partial charge in [0.2, 0.25) is 5.91 Å². The molecule has 0 radical (unpaired) electrons. The summed E-state index contributed by atoms with van der Waals surface area (Å²) in [6, 6.07) is 7.72. The first-order valence-electron chi connectivity index (χ1n) is 7.24. The van der Waals surface area contributed by atoms with E-state index in [1.807, 2.05) is 30.3 Å². The molecule has 0 saturated carbocycles. The quantitative estimate of drug-likeness (QED) is 0.849. The van der Waals surface area contributed by atoms with E-state index in [9.17, 15) is 9.59 Å². The molecule has 1 fully saturated rings. The van der Waals surface area contributed by atoms with Gasteiger partial charge in [0.1, 0.15) is 5.75 Å². The van der Waals surface area contributed by atoms with Crippen LogP contribution >= 0.6 is 0 Å². The van der Waals surface area contributed by atoms with Gasteiger partial charge in [-0.3, -0.25) is 14.9 Å². The van der Waals surface area contributed by atoms with Crippen LogP contribution in [0.15, 0.2) is 35.9 Å². The highest BCUT2D eigenvalue weighted by atomic mass is 16.5. The molecule has 2 amide bonds. The number of rotatable bonds is 2. The summed E-state index contributed by atoms with van der Waals surface area (Å²) < 4.78 is 5.30. The second-order valence-corrected chi connectivity index (χ2v) is 6.03. The first-order valence-corrected chi connectivity index (χ1v) is 7.24. The molecule has 0 bridgehead atoms. The Bertz CT molecular complexity index is 635. The number of piperidine rings is 1. The lowest BCUT2D eigenvalue weighted by atomic mass is 9.61. The summed E-state index contributed by atoms with van der Waals surface area (Å²) in [5.41, 5.74) is 1.21. The van der Waals surface area contributed by atoms with Crippen molar-refractivity contribution in [1.82, 2.24) is 5.32 Å². The van der Waals surface area contributed by atoms with Gasteiger partial charge in [0, 0.05) is 17.4 Å². The Morgan fingerprint density at radius 2 is 2.14 bits per heavy atom. The minimum Gasteiger partial charge on any atom is -0.497 e. The van der Waals surface area contributed by atoms with Gasteiger partial charge in [-0.25, -0.2) is 0 Å². The zero-order chi connectivity index (χ0) is 15.0. The molecule has 1 aromatic rings. The molecule has 1 aliphatic heterocycles.